The van der Waals surface area contributed by atoms with Crippen molar-refractivity contribution in [3.8, 4) is 11.6 Å². The smallest absolute Gasteiger partial charge is 0.236 e. The van der Waals surface area contributed by atoms with E-state index in [1.165, 1.54) is 48.8 Å². The van der Waals surface area contributed by atoms with E-state index in [-0.39, 0.29) is 22.9 Å². The number of fused-ring (bicyclic) bond motifs is 3. The lowest BCUT2D eigenvalue weighted by atomic mass is 10.0. The van der Waals surface area contributed by atoms with Gasteiger partial charge >= 0.3 is 0 Å². The lowest BCUT2D eigenvalue weighted by Gasteiger charge is -2.21. The lowest BCUT2D eigenvalue weighted by molar-refractivity contribution is -0.124. The van der Waals surface area contributed by atoms with Gasteiger partial charge in [0, 0.05) is 36.5 Å². The second-order valence-electron chi connectivity index (χ2n) is 10.2. The van der Waals surface area contributed by atoms with Crippen molar-refractivity contribution in [2.24, 2.45) is 5.92 Å². The zero-order valence-electron chi connectivity index (χ0n) is 24.3. The summed E-state index contributed by atoms with van der Waals surface area (Å²) in [6, 6.07) is 10.0. The van der Waals surface area contributed by atoms with Gasteiger partial charge in [0.15, 0.2) is 23.0 Å². The van der Waals surface area contributed by atoms with E-state index in [9.17, 15) is 18.8 Å². The van der Waals surface area contributed by atoms with E-state index in [0.29, 0.717) is 40.8 Å². The van der Waals surface area contributed by atoms with Gasteiger partial charge in [-0.2, -0.15) is 0 Å². The first-order chi connectivity index (χ1) is 21.2. The monoisotopic (exact) mass is 600 g/mol. The van der Waals surface area contributed by atoms with Crippen molar-refractivity contribution in [2.75, 3.05) is 17.3 Å². The fourth-order valence-corrected chi connectivity index (χ4v) is 4.81. The number of pyridine rings is 1. The highest BCUT2D eigenvalue weighted by atomic mass is 19.1. The fraction of sp³-hybridized carbons (Fsp3) is 0.219. The lowest BCUT2D eigenvalue weighted by Crippen LogP contribution is -2.34. The molecule has 0 fully saturated rings. The van der Waals surface area contributed by atoms with Crippen LogP contribution in [0.4, 0.5) is 20.2 Å². The molecule has 10 nitrogen and oxygen atoms in total. The van der Waals surface area contributed by atoms with Crippen LogP contribution in [0.2, 0.25) is 0 Å². The molecule has 0 radical (unpaired) electrons. The van der Waals surface area contributed by atoms with Crippen LogP contribution in [-0.2, 0) is 9.59 Å². The van der Waals surface area contributed by atoms with Gasteiger partial charge in [0.2, 0.25) is 18.2 Å². The molecular formula is C32H30F2N6O4. The molecule has 0 aliphatic carbocycles. The van der Waals surface area contributed by atoms with Gasteiger partial charge in [-0.3, -0.25) is 19.5 Å². The number of halogens is 2. The van der Waals surface area contributed by atoms with Gasteiger partial charge < -0.3 is 10.1 Å². The summed E-state index contributed by atoms with van der Waals surface area (Å²) in [5.74, 6) is -2.53. The third kappa shape index (κ3) is 5.91. The number of carbonyl (C=O) groups excluding carboxylic acids is 3. The van der Waals surface area contributed by atoms with E-state index < -0.39 is 29.2 Å². The molecule has 5 rings (SSSR count). The number of hydrogen-bond acceptors (Lipinski definition) is 7. The van der Waals surface area contributed by atoms with Crippen molar-refractivity contribution >= 4 is 52.2 Å². The van der Waals surface area contributed by atoms with Gasteiger partial charge in [-0.15, -0.1) is 0 Å². The number of nitrogens with zero attached hydrogens (tertiary/aromatic N) is 4. The summed E-state index contributed by atoms with van der Waals surface area (Å²) in [6.45, 7) is 3.71. The number of carbonyl (C=O) groups is 3. The van der Waals surface area contributed by atoms with Crippen LogP contribution in [0.5, 0.6) is 11.6 Å². The number of imidazole rings is 1. The van der Waals surface area contributed by atoms with Crippen LogP contribution in [0.15, 0.2) is 60.9 Å². The summed E-state index contributed by atoms with van der Waals surface area (Å²) < 4.78 is 36.4. The Bertz CT molecular complexity index is 1900. The minimum absolute atomic E-state index is 0.0162. The largest absolute Gasteiger partial charge is 0.436 e. The molecule has 226 valence electrons. The first-order valence-corrected chi connectivity index (χ1v) is 14.1. The molecule has 2 N–H and O–H groups in total. The van der Waals surface area contributed by atoms with E-state index in [1.807, 2.05) is 6.92 Å². The Labute approximate surface area is 251 Å². The molecule has 0 spiro atoms. The van der Waals surface area contributed by atoms with Crippen LogP contribution in [0, 0.1) is 17.6 Å². The molecule has 0 aliphatic rings. The number of ketones is 1. The molecule has 3 heterocycles. The molecular weight excluding hydrogens is 570 g/mol. The Morgan fingerprint density at radius 1 is 1.18 bits per heavy atom. The number of allylic oxidation sites excluding steroid dienone is 1. The number of ether oxygens (including phenoxy) is 1. The standard InChI is InChI=1S/C32H30F2N6O4/c1-4-5-8-19(2)32(43)39(18-41)26-14-24(35-3)20(13-23(26)34)11-12-28(42)21-16-37-40-27-17-36-30(15-25(27)38-31(21)40)44-29-10-7-6-9-22(29)33/h6-7,9-19,35,37H,4-5,8H2,1-3H3/b12-11+. The Balaban J connectivity index is 1.39. The van der Waals surface area contributed by atoms with Crippen LogP contribution >= 0.6 is 0 Å². The number of hydrogen-bond donors (Lipinski definition) is 2. The molecule has 1 atom stereocenters. The average Bonchev–Trinajstić information content (AvgIpc) is 3.60. The summed E-state index contributed by atoms with van der Waals surface area (Å²) in [7, 11) is 1.61. The summed E-state index contributed by atoms with van der Waals surface area (Å²) in [5.41, 5.74) is 2.17. The number of benzene rings is 2. The van der Waals surface area contributed by atoms with E-state index >= 15 is 4.39 Å². The number of imide groups is 1. The van der Waals surface area contributed by atoms with E-state index in [1.54, 1.807) is 30.6 Å². The van der Waals surface area contributed by atoms with Gasteiger partial charge in [0.1, 0.15) is 11.3 Å². The predicted octanol–water partition coefficient (Wildman–Crippen LogP) is 6.53. The number of aromatic amines is 1. The van der Waals surface area contributed by atoms with Gasteiger partial charge in [-0.1, -0.05) is 38.8 Å². The predicted molar refractivity (Wildman–Crippen MR) is 163 cm³/mol. The number of H-pyrrole nitrogens is 1. The molecule has 44 heavy (non-hydrogen) atoms. The summed E-state index contributed by atoms with van der Waals surface area (Å²) in [5, 5.41) is 5.90. The van der Waals surface area contributed by atoms with Gasteiger partial charge in [0.25, 0.3) is 0 Å². The topological polar surface area (TPSA) is 122 Å². The number of anilines is 2. The number of nitrogens with one attached hydrogen (secondary N) is 2. The normalized spacial score (nSPS) is 12.1. The maximum atomic E-state index is 15.2. The molecule has 12 heteroatoms. The third-order valence-corrected chi connectivity index (χ3v) is 7.23. The quantitative estimate of drug-likeness (QED) is 0.0948. The van der Waals surface area contributed by atoms with Gasteiger partial charge in [0.05, 0.1) is 23.0 Å². The minimum atomic E-state index is -0.788. The Hall–Kier alpha value is -5.39. The Morgan fingerprint density at radius 2 is 1.98 bits per heavy atom. The molecule has 0 bridgehead atoms. The number of para-hydroxylation sites is 1. The van der Waals surface area contributed by atoms with Gasteiger partial charge in [-0.05, 0) is 42.8 Å². The average molecular weight is 601 g/mol. The highest BCUT2D eigenvalue weighted by Gasteiger charge is 2.25. The molecule has 0 saturated heterocycles. The van der Waals surface area contributed by atoms with Crippen molar-refractivity contribution in [3.05, 3.63) is 83.7 Å². The number of unbranched alkanes of at least 4 members (excludes halogenated alkanes) is 1. The highest BCUT2D eigenvalue weighted by molar-refractivity contribution is 6.12. The molecule has 2 aromatic carbocycles. The first kappa shape index (κ1) is 30.1. The van der Waals surface area contributed by atoms with Gasteiger partial charge in [-0.25, -0.2) is 28.2 Å². The molecule has 1 unspecified atom stereocenters. The summed E-state index contributed by atoms with van der Waals surface area (Å²) in [6.07, 6.45) is 8.31. The summed E-state index contributed by atoms with van der Waals surface area (Å²) in [4.78, 5) is 47.4. The Morgan fingerprint density at radius 3 is 2.70 bits per heavy atom. The molecule has 0 aliphatic heterocycles. The van der Waals surface area contributed by atoms with Crippen LogP contribution in [0.3, 0.4) is 0 Å². The minimum Gasteiger partial charge on any atom is -0.436 e. The van der Waals surface area contributed by atoms with Crippen molar-refractivity contribution in [2.45, 2.75) is 33.1 Å². The van der Waals surface area contributed by atoms with E-state index in [0.717, 1.165) is 23.8 Å². The van der Waals surface area contributed by atoms with Crippen molar-refractivity contribution in [1.29, 1.82) is 0 Å². The number of rotatable bonds is 12. The van der Waals surface area contributed by atoms with Crippen LogP contribution < -0.4 is 15.0 Å². The van der Waals surface area contributed by atoms with Crippen molar-refractivity contribution < 1.29 is 27.9 Å². The second-order valence-corrected chi connectivity index (χ2v) is 10.2. The van der Waals surface area contributed by atoms with Crippen molar-refractivity contribution in [1.82, 2.24) is 19.6 Å². The van der Waals surface area contributed by atoms with Crippen LogP contribution in [-0.4, -0.2) is 44.7 Å². The number of amides is 2. The SMILES string of the molecule is CCCCC(C)C(=O)N(C=O)c1cc(NC)c(/C=C/C(=O)c2c[nH]n3c2nc2cc(Oc4ccccc4F)ncc23)cc1F. The fourth-order valence-electron chi connectivity index (χ4n) is 4.81. The summed E-state index contributed by atoms with van der Waals surface area (Å²) >= 11 is 0. The maximum absolute atomic E-state index is 15.2. The van der Waals surface area contributed by atoms with Crippen molar-refractivity contribution in [3.63, 3.8) is 0 Å². The Kier molecular flexibility index (Phi) is 8.79. The van der Waals surface area contributed by atoms with Crippen LogP contribution in [0.1, 0.15) is 49.0 Å². The molecule has 5 aromatic rings. The van der Waals surface area contributed by atoms with Crippen LogP contribution in [0.25, 0.3) is 22.8 Å². The van der Waals surface area contributed by atoms with E-state index in [2.05, 4.69) is 20.4 Å². The van der Waals surface area contributed by atoms with E-state index in [4.69, 9.17) is 4.74 Å². The zero-order chi connectivity index (χ0) is 31.4. The maximum Gasteiger partial charge on any atom is 0.236 e. The second kappa shape index (κ2) is 12.9. The molecule has 3 aromatic heterocycles. The third-order valence-electron chi connectivity index (χ3n) is 7.23. The first-order valence-electron chi connectivity index (χ1n) is 14.1. The molecule has 2 amide bonds. The molecule has 0 saturated carbocycles. The number of aromatic nitrogens is 4. The zero-order valence-corrected chi connectivity index (χ0v) is 24.3. The highest BCUT2D eigenvalue weighted by Crippen LogP contribution is 2.30.